The first-order chi connectivity index (χ1) is 11.5. The molecule has 1 atom stereocenters. The summed E-state index contributed by atoms with van der Waals surface area (Å²) < 4.78 is 0. The Balaban J connectivity index is 1.88. The van der Waals surface area contributed by atoms with Crippen molar-refractivity contribution in [2.45, 2.75) is 44.6 Å². The second-order valence-electron chi connectivity index (χ2n) is 6.96. The molecular formula is C19H24N2O3. The lowest BCUT2D eigenvalue weighted by Gasteiger charge is -2.39. The van der Waals surface area contributed by atoms with E-state index in [0.29, 0.717) is 5.52 Å². The number of aliphatic hydroxyl groups excluding tert-OH is 1. The summed E-state index contributed by atoms with van der Waals surface area (Å²) in [7, 11) is 0. The number of nitrogens with one attached hydrogen (secondary N) is 2. The Hall–Kier alpha value is -2.14. The van der Waals surface area contributed by atoms with Crippen LogP contribution in [0.15, 0.2) is 35.1 Å². The van der Waals surface area contributed by atoms with Crippen LogP contribution in [0.3, 0.4) is 0 Å². The molecule has 0 radical (unpaired) electrons. The summed E-state index contributed by atoms with van der Waals surface area (Å²) >= 11 is 0. The van der Waals surface area contributed by atoms with Crippen molar-refractivity contribution in [3.8, 4) is 0 Å². The minimum Gasteiger partial charge on any atom is -0.394 e. The fourth-order valence-electron chi connectivity index (χ4n) is 3.65. The van der Waals surface area contributed by atoms with Crippen molar-refractivity contribution in [2.24, 2.45) is 5.92 Å². The van der Waals surface area contributed by atoms with Gasteiger partial charge >= 0.3 is 0 Å². The van der Waals surface area contributed by atoms with Gasteiger partial charge in [-0.1, -0.05) is 37.5 Å². The van der Waals surface area contributed by atoms with Crippen molar-refractivity contribution >= 4 is 16.8 Å². The second kappa shape index (κ2) is 6.77. The van der Waals surface area contributed by atoms with Gasteiger partial charge < -0.3 is 15.4 Å². The summed E-state index contributed by atoms with van der Waals surface area (Å²) in [5, 5.41) is 13.6. The van der Waals surface area contributed by atoms with Crippen LogP contribution in [-0.2, 0) is 0 Å². The Morgan fingerprint density at radius 1 is 1.29 bits per heavy atom. The maximum Gasteiger partial charge on any atom is 0.261 e. The van der Waals surface area contributed by atoms with Gasteiger partial charge in [-0.2, -0.15) is 0 Å². The van der Waals surface area contributed by atoms with E-state index < -0.39 is 17.0 Å². The van der Waals surface area contributed by atoms with Gasteiger partial charge in [0.05, 0.1) is 12.1 Å². The van der Waals surface area contributed by atoms with Crippen molar-refractivity contribution in [2.75, 3.05) is 6.61 Å². The Morgan fingerprint density at radius 3 is 2.71 bits per heavy atom. The van der Waals surface area contributed by atoms with E-state index in [1.54, 1.807) is 12.1 Å². The van der Waals surface area contributed by atoms with Gasteiger partial charge in [-0.05, 0) is 43.2 Å². The number of hydrogen-bond donors (Lipinski definition) is 3. The zero-order chi connectivity index (χ0) is 17.2. The SMILES string of the molecule is C[C@](CO)(NC(=O)c1cc2ccccc2[nH]c1=O)C1CCCCC1. The smallest absolute Gasteiger partial charge is 0.261 e. The number of carbonyl (C=O) groups excluding carboxylic acids is 1. The number of hydrogen-bond acceptors (Lipinski definition) is 3. The minimum atomic E-state index is -0.699. The lowest BCUT2D eigenvalue weighted by Crippen LogP contribution is -2.55. The predicted octanol–water partition coefficient (Wildman–Crippen LogP) is 2.59. The Labute approximate surface area is 141 Å². The molecule has 0 aliphatic heterocycles. The number of benzene rings is 1. The Bertz CT molecular complexity index is 793. The molecule has 3 N–H and O–H groups in total. The molecule has 1 heterocycles. The number of aromatic amines is 1. The molecule has 1 aromatic carbocycles. The third kappa shape index (κ3) is 3.22. The molecule has 5 nitrogen and oxygen atoms in total. The lowest BCUT2D eigenvalue weighted by molar-refractivity contribution is 0.0678. The molecule has 1 saturated carbocycles. The van der Waals surface area contributed by atoms with Crippen LogP contribution >= 0.6 is 0 Å². The normalized spacial score (nSPS) is 18.2. The van der Waals surface area contributed by atoms with Gasteiger partial charge in [0.25, 0.3) is 11.5 Å². The quantitative estimate of drug-likeness (QED) is 0.807. The molecule has 2 aromatic rings. The van der Waals surface area contributed by atoms with E-state index in [-0.39, 0.29) is 18.1 Å². The molecule has 3 rings (SSSR count). The predicted molar refractivity (Wildman–Crippen MR) is 94.1 cm³/mol. The molecule has 5 heteroatoms. The molecule has 1 aliphatic rings. The number of pyridine rings is 1. The van der Waals surface area contributed by atoms with Crippen LogP contribution in [0, 0.1) is 5.92 Å². The molecule has 1 amide bonds. The third-order valence-electron chi connectivity index (χ3n) is 5.23. The fourth-order valence-corrected chi connectivity index (χ4v) is 3.65. The fraction of sp³-hybridized carbons (Fsp3) is 0.474. The Kier molecular flexibility index (Phi) is 4.71. The first-order valence-electron chi connectivity index (χ1n) is 8.59. The number of aromatic nitrogens is 1. The summed E-state index contributed by atoms with van der Waals surface area (Å²) in [5.74, 6) is -0.191. The van der Waals surface area contributed by atoms with Crippen molar-refractivity contribution in [3.05, 3.63) is 46.2 Å². The van der Waals surface area contributed by atoms with Gasteiger partial charge in [-0.25, -0.2) is 0 Å². The lowest BCUT2D eigenvalue weighted by atomic mass is 9.76. The molecule has 0 unspecified atom stereocenters. The molecule has 24 heavy (non-hydrogen) atoms. The van der Waals surface area contributed by atoms with Gasteiger partial charge in [-0.3, -0.25) is 9.59 Å². The highest BCUT2D eigenvalue weighted by Gasteiger charge is 2.36. The van der Waals surface area contributed by atoms with E-state index in [4.69, 9.17) is 0 Å². The number of para-hydroxylation sites is 1. The van der Waals surface area contributed by atoms with E-state index >= 15 is 0 Å². The first-order valence-corrected chi connectivity index (χ1v) is 8.59. The molecule has 0 bridgehead atoms. The molecular weight excluding hydrogens is 304 g/mol. The molecule has 128 valence electrons. The standard InChI is InChI=1S/C19H24N2O3/c1-19(12-22,14-8-3-2-4-9-14)21-18(24)15-11-13-7-5-6-10-16(13)20-17(15)23/h5-7,10-11,14,22H,2-4,8-9,12H2,1H3,(H,20,23)(H,21,24)/t19-/m1/s1. The van der Waals surface area contributed by atoms with Crippen LogP contribution in [0.5, 0.6) is 0 Å². The van der Waals surface area contributed by atoms with Gasteiger partial charge in [0.2, 0.25) is 0 Å². The highest BCUT2D eigenvalue weighted by molar-refractivity contribution is 5.97. The topological polar surface area (TPSA) is 82.2 Å². The average molecular weight is 328 g/mol. The zero-order valence-electron chi connectivity index (χ0n) is 14.0. The summed E-state index contributed by atoms with van der Waals surface area (Å²) in [6.07, 6.45) is 5.42. The van der Waals surface area contributed by atoms with Crippen LogP contribution in [0.2, 0.25) is 0 Å². The summed E-state index contributed by atoms with van der Waals surface area (Å²) in [6, 6.07) is 8.97. The van der Waals surface area contributed by atoms with Crippen LogP contribution in [-0.4, -0.2) is 28.1 Å². The number of H-pyrrole nitrogens is 1. The largest absolute Gasteiger partial charge is 0.394 e. The van der Waals surface area contributed by atoms with E-state index in [2.05, 4.69) is 10.3 Å². The average Bonchev–Trinajstić information content (AvgIpc) is 2.61. The van der Waals surface area contributed by atoms with Crippen molar-refractivity contribution in [1.82, 2.24) is 10.3 Å². The molecule has 1 aliphatic carbocycles. The van der Waals surface area contributed by atoms with Crippen LogP contribution < -0.4 is 10.9 Å². The van der Waals surface area contributed by atoms with Crippen LogP contribution in [0.25, 0.3) is 10.9 Å². The van der Waals surface area contributed by atoms with Crippen LogP contribution in [0.1, 0.15) is 49.4 Å². The van der Waals surface area contributed by atoms with Crippen LogP contribution in [0.4, 0.5) is 0 Å². The first kappa shape index (κ1) is 16.7. The van der Waals surface area contributed by atoms with Crippen molar-refractivity contribution in [3.63, 3.8) is 0 Å². The number of amides is 1. The van der Waals surface area contributed by atoms with E-state index in [1.807, 2.05) is 25.1 Å². The summed E-state index contributed by atoms with van der Waals surface area (Å²) in [6.45, 7) is 1.74. The summed E-state index contributed by atoms with van der Waals surface area (Å²) in [4.78, 5) is 27.7. The van der Waals surface area contributed by atoms with Gasteiger partial charge in [0.15, 0.2) is 0 Å². The van der Waals surface area contributed by atoms with Gasteiger partial charge in [0, 0.05) is 5.52 Å². The number of aliphatic hydroxyl groups is 1. The highest BCUT2D eigenvalue weighted by Crippen LogP contribution is 2.32. The van der Waals surface area contributed by atoms with E-state index in [0.717, 1.165) is 31.1 Å². The second-order valence-corrected chi connectivity index (χ2v) is 6.96. The van der Waals surface area contributed by atoms with Gasteiger partial charge in [-0.15, -0.1) is 0 Å². The number of carbonyl (C=O) groups is 1. The number of fused-ring (bicyclic) bond motifs is 1. The van der Waals surface area contributed by atoms with Crippen molar-refractivity contribution < 1.29 is 9.90 Å². The van der Waals surface area contributed by atoms with Gasteiger partial charge in [0.1, 0.15) is 5.56 Å². The zero-order valence-corrected chi connectivity index (χ0v) is 14.0. The monoisotopic (exact) mass is 328 g/mol. The van der Waals surface area contributed by atoms with E-state index in [1.165, 1.54) is 6.42 Å². The molecule has 0 spiro atoms. The number of rotatable bonds is 4. The third-order valence-corrected chi connectivity index (χ3v) is 5.23. The molecule has 1 fully saturated rings. The maximum absolute atomic E-state index is 12.7. The summed E-state index contributed by atoms with van der Waals surface area (Å²) in [5.41, 5.74) is -0.314. The van der Waals surface area contributed by atoms with E-state index in [9.17, 15) is 14.7 Å². The highest BCUT2D eigenvalue weighted by atomic mass is 16.3. The maximum atomic E-state index is 12.7. The Morgan fingerprint density at radius 2 is 2.00 bits per heavy atom. The minimum absolute atomic E-state index is 0.0872. The molecule has 1 aromatic heterocycles. The molecule has 0 saturated heterocycles. The van der Waals surface area contributed by atoms with Crippen molar-refractivity contribution in [1.29, 1.82) is 0 Å².